The number of hydrogen-bond acceptors (Lipinski definition) is 4. The number of nitrogens with two attached hydrogens (primary N) is 1. The van der Waals surface area contributed by atoms with Crippen LogP contribution in [0.3, 0.4) is 0 Å². The van der Waals surface area contributed by atoms with Crippen molar-refractivity contribution in [1.29, 1.82) is 5.26 Å². The molecule has 0 spiro atoms. The fraction of sp³-hybridized carbons (Fsp3) is 0.286. The molecule has 0 saturated carbocycles. The molecule has 1 aromatic rings. The number of carbonyl (C=O) groups is 1. The highest BCUT2D eigenvalue weighted by Gasteiger charge is 2.12. The topological polar surface area (TPSA) is 78.9 Å². The highest BCUT2D eigenvalue weighted by molar-refractivity contribution is 8.02. The third-order valence-corrected chi connectivity index (χ3v) is 3.34. The number of thioether (sulfide) groups is 1. The van der Waals surface area contributed by atoms with Gasteiger partial charge in [0.1, 0.15) is 11.6 Å². The molecule has 5 heteroatoms. The first kappa shape index (κ1) is 15.1. The number of hydrogen-bond donors (Lipinski definition) is 2. The number of anilines is 1. The van der Waals surface area contributed by atoms with Crippen molar-refractivity contribution in [2.75, 3.05) is 11.6 Å². The number of rotatable bonds is 5. The summed E-state index contributed by atoms with van der Waals surface area (Å²) in [5.74, 6) is -0.261. The lowest BCUT2D eigenvalue weighted by atomic mass is 10.0. The molecule has 1 rings (SSSR count). The van der Waals surface area contributed by atoms with Crippen LogP contribution < -0.4 is 11.1 Å². The summed E-state index contributed by atoms with van der Waals surface area (Å²) in [4.78, 5) is 11.2. The van der Waals surface area contributed by atoms with Crippen molar-refractivity contribution in [2.24, 2.45) is 5.73 Å². The Morgan fingerprint density at radius 1 is 1.37 bits per heavy atom. The van der Waals surface area contributed by atoms with E-state index in [1.54, 1.807) is 6.26 Å². The van der Waals surface area contributed by atoms with Crippen LogP contribution in [0.5, 0.6) is 0 Å². The van der Waals surface area contributed by atoms with Gasteiger partial charge in [-0.2, -0.15) is 5.26 Å². The summed E-state index contributed by atoms with van der Waals surface area (Å²) in [6.07, 6.45) is 1.78. The summed E-state index contributed by atoms with van der Waals surface area (Å²) in [5, 5.41) is 12.4. The van der Waals surface area contributed by atoms with Gasteiger partial charge in [0.05, 0.1) is 5.03 Å². The minimum atomic E-state index is -0.724. The molecular formula is C14H17N3OS. The summed E-state index contributed by atoms with van der Waals surface area (Å²) in [6, 6.07) is 9.69. The fourth-order valence-corrected chi connectivity index (χ4v) is 2.09. The number of benzene rings is 1. The number of nitrogens with one attached hydrogen (secondary N) is 1. The number of amides is 1. The Morgan fingerprint density at radius 3 is 2.32 bits per heavy atom. The van der Waals surface area contributed by atoms with E-state index in [0.717, 1.165) is 5.69 Å². The van der Waals surface area contributed by atoms with Crippen molar-refractivity contribution in [3.05, 3.63) is 40.4 Å². The highest BCUT2D eigenvalue weighted by Crippen LogP contribution is 2.22. The molecular weight excluding hydrogens is 258 g/mol. The Balaban J connectivity index is 3.00. The highest BCUT2D eigenvalue weighted by atomic mass is 32.2. The molecule has 1 amide bonds. The molecule has 4 nitrogen and oxygen atoms in total. The first-order valence-corrected chi connectivity index (χ1v) is 7.07. The van der Waals surface area contributed by atoms with E-state index in [4.69, 9.17) is 11.0 Å². The lowest BCUT2D eigenvalue weighted by Crippen LogP contribution is -2.16. The van der Waals surface area contributed by atoms with Crippen molar-refractivity contribution in [2.45, 2.75) is 19.8 Å². The zero-order valence-electron chi connectivity index (χ0n) is 11.2. The summed E-state index contributed by atoms with van der Waals surface area (Å²) < 4.78 is 0. The lowest BCUT2D eigenvalue weighted by molar-refractivity contribution is -0.114. The summed E-state index contributed by atoms with van der Waals surface area (Å²) in [7, 11) is 0. The summed E-state index contributed by atoms with van der Waals surface area (Å²) in [5.41, 5.74) is 7.17. The Hall–Kier alpha value is -1.93. The molecule has 100 valence electrons. The van der Waals surface area contributed by atoms with Crippen molar-refractivity contribution >= 4 is 23.4 Å². The van der Waals surface area contributed by atoms with Gasteiger partial charge in [0.2, 0.25) is 0 Å². The Bertz CT molecular complexity index is 527. The van der Waals surface area contributed by atoms with Crippen molar-refractivity contribution in [1.82, 2.24) is 0 Å². The van der Waals surface area contributed by atoms with Gasteiger partial charge >= 0.3 is 0 Å². The molecule has 0 heterocycles. The molecule has 0 fully saturated rings. The third-order valence-electron chi connectivity index (χ3n) is 2.62. The van der Waals surface area contributed by atoms with Gasteiger partial charge in [-0.3, -0.25) is 4.79 Å². The van der Waals surface area contributed by atoms with Crippen LogP contribution >= 0.6 is 11.8 Å². The molecule has 0 atom stereocenters. The molecule has 0 saturated heterocycles. The maximum absolute atomic E-state index is 11.2. The van der Waals surface area contributed by atoms with E-state index in [9.17, 15) is 4.79 Å². The molecule has 0 aliphatic rings. The maximum Gasteiger partial charge on any atom is 0.262 e. The molecule has 0 radical (unpaired) electrons. The minimum absolute atomic E-state index is 0.0552. The van der Waals surface area contributed by atoms with E-state index >= 15 is 0 Å². The molecule has 0 aliphatic heterocycles. The second-order valence-electron chi connectivity index (χ2n) is 4.29. The quantitative estimate of drug-likeness (QED) is 0.639. The van der Waals surface area contributed by atoms with Crippen molar-refractivity contribution in [3.63, 3.8) is 0 Å². The van der Waals surface area contributed by atoms with Gasteiger partial charge in [-0.15, -0.1) is 11.8 Å². The maximum atomic E-state index is 11.2. The first-order chi connectivity index (χ1) is 8.99. The van der Waals surface area contributed by atoms with E-state index < -0.39 is 5.91 Å². The van der Waals surface area contributed by atoms with Crippen LogP contribution in [0.15, 0.2) is 34.9 Å². The fourth-order valence-electron chi connectivity index (χ4n) is 1.52. The first-order valence-electron chi connectivity index (χ1n) is 5.84. The normalized spacial score (nSPS) is 11.7. The van der Waals surface area contributed by atoms with E-state index in [2.05, 4.69) is 19.2 Å². The Kier molecular flexibility index (Phi) is 5.46. The second-order valence-corrected chi connectivity index (χ2v) is 5.10. The van der Waals surface area contributed by atoms with Crippen molar-refractivity contribution < 1.29 is 4.79 Å². The van der Waals surface area contributed by atoms with Gasteiger partial charge in [0, 0.05) is 5.69 Å². The Labute approximate surface area is 117 Å². The van der Waals surface area contributed by atoms with E-state index in [-0.39, 0.29) is 5.57 Å². The van der Waals surface area contributed by atoms with Crippen LogP contribution in [0, 0.1) is 11.3 Å². The lowest BCUT2D eigenvalue weighted by Gasteiger charge is -2.11. The van der Waals surface area contributed by atoms with Gasteiger partial charge in [-0.05, 0) is 29.9 Å². The van der Waals surface area contributed by atoms with Gasteiger partial charge < -0.3 is 11.1 Å². The van der Waals surface area contributed by atoms with Gasteiger partial charge in [-0.25, -0.2) is 0 Å². The van der Waals surface area contributed by atoms with Crippen LogP contribution in [0.25, 0.3) is 0 Å². The van der Waals surface area contributed by atoms with Crippen LogP contribution in [0.4, 0.5) is 5.69 Å². The minimum Gasteiger partial charge on any atom is -0.365 e. The van der Waals surface area contributed by atoms with Gasteiger partial charge in [-0.1, -0.05) is 26.0 Å². The van der Waals surface area contributed by atoms with Crippen molar-refractivity contribution in [3.8, 4) is 6.07 Å². The largest absolute Gasteiger partial charge is 0.365 e. The zero-order valence-corrected chi connectivity index (χ0v) is 12.0. The van der Waals surface area contributed by atoms with Crippen LogP contribution in [-0.4, -0.2) is 12.2 Å². The molecule has 0 aromatic heterocycles. The number of carbonyl (C=O) groups excluding carboxylic acids is 1. The molecule has 0 aliphatic carbocycles. The average molecular weight is 275 g/mol. The Morgan fingerprint density at radius 2 is 1.95 bits per heavy atom. The van der Waals surface area contributed by atoms with E-state index in [1.807, 2.05) is 30.3 Å². The standard InChI is InChI=1S/C14H17N3OS/c1-9(2)10-4-6-11(7-5-10)17-14(19-3)12(8-15)13(16)18/h4-7,9,17H,1-3H3,(H2,16,18). The third kappa shape index (κ3) is 4.04. The predicted molar refractivity (Wildman–Crippen MR) is 79.5 cm³/mol. The number of primary amides is 1. The average Bonchev–Trinajstić information content (AvgIpc) is 2.38. The van der Waals surface area contributed by atoms with Gasteiger partial charge in [0.25, 0.3) is 5.91 Å². The molecule has 19 heavy (non-hydrogen) atoms. The van der Waals surface area contributed by atoms with Crippen LogP contribution in [0.1, 0.15) is 25.3 Å². The SMILES string of the molecule is CSC(Nc1ccc(C(C)C)cc1)=C(C#N)C(N)=O. The smallest absolute Gasteiger partial charge is 0.262 e. The molecule has 3 N–H and O–H groups in total. The van der Waals surface area contributed by atoms with Crippen LogP contribution in [0.2, 0.25) is 0 Å². The predicted octanol–water partition coefficient (Wildman–Crippen LogP) is 2.81. The molecule has 1 aromatic carbocycles. The molecule has 0 bridgehead atoms. The number of nitrogens with zero attached hydrogens (tertiary/aromatic N) is 1. The van der Waals surface area contributed by atoms with Gasteiger partial charge in [0.15, 0.2) is 0 Å². The number of nitriles is 1. The summed E-state index contributed by atoms with van der Waals surface area (Å²) >= 11 is 1.28. The zero-order chi connectivity index (χ0) is 14.4. The monoisotopic (exact) mass is 275 g/mol. The second kappa shape index (κ2) is 6.86. The molecule has 0 unspecified atom stereocenters. The van der Waals surface area contributed by atoms with Crippen LogP contribution in [-0.2, 0) is 4.79 Å². The summed E-state index contributed by atoms with van der Waals surface area (Å²) in [6.45, 7) is 4.24. The van der Waals surface area contributed by atoms with E-state index in [1.165, 1.54) is 17.3 Å². The van der Waals surface area contributed by atoms with E-state index in [0.29, 0.717) is 10.9 Å².